The summed E-state index contributed by atoms with van der Waals surface area (Å²) in [5.41, 5.74) is 0.959. The van der Waals surface area contributed by atoms with Crippen LogP contribution in [0.3, 0.4) is 0 Å². The maximum absolute atomic E-state index is 12.8. The smallest absolute Gasteiger partial charge is 0.319 e. The molecule has 0 aliphatic heterocycles. The van der Waals surface area contributed by atoms with Gasteiger partial charge in [0.15, 0.2) is 0 Å². The minimum Gasteiger partial charge on any atom is -0.334 e. The van der Waals surface area contributed by atoms with Crippen molar-refractivity contribution in [2.75, 3.05) is 6.67 Å². The van der Waals surface area contributed by atoms with E-state index >= 15 is 0 Å². The fraction of sp³-hybridized carbons (Fsp3) is 0.250. The van der Waals surface area contributed by atoms with Crippen molar-refractivity contribution in [3.63, 3.8) is 0 Å². The van der Waals surface area contributed by atoms with Crippen molar-refractivity contribution in [1.29, 1.82) is 0 Å². The zero-order valence-electron chi connectivity index (χ0n) is 9.30. The van der Waals surface area contributed by atoms with Gasteiger partial charge in [-0.15, -0.1) is 0 Å². The lowest BCUT2D eigenvalue weighted by Gasteiger charge is -2.08. The molecule has 2 amide bonds. The van der Waals surface area contributed by atoms with Crippen LogP contribution in [0, 0.1) is 5.82 Å². The molecule has 17 heavy (non-hydrogen) atoms. The lowest BCUT2D eigenvalue weighted by atomic mass is 10.2. The second-order valence-corrected chi connectivity index (χ2v) is 3.48. The molecule has 0 saturated heterocycles. The normalized spacial score (nSPS) is 9.76. The van der Waals surface area contributed by atoms with Crippen LogP contribution < -0.4 is 10.6 Å². The Morgan fingerprint density at radius 3 is 2.82 bits per heavy atom. The van der Waals surface area contributed by atoms with Crippen LogP contribution >= 0.6 is 0 Å². The highest BCUT2D eigenvalue weighted by atomic mass is 19.1. The van der Waals surface area contributed by atoms with Gasteiger partial charge in [0.2, 0.25) is 0 Å². The highest BCUT2D eigenvalue weighted by Crippen LogP contribution is 2.02. The number of carbonyl (C=O) groups is 1. The van der Waals surface area contributed by atoms with Crippen LogP contribution in [0.4, 0.5) is 13.6 Å². The summed E-state index contributed by atoms with van der Waals surface area (Å²) >= 11 is 0. The minimum atomic E-state index is -0.566. The quantitative estimate of drug-likeness (QED) is 0.815. The van der Waals surface area contributed by atoms with Crippen LogP contribution in [0.2, 0.25) is 0 Å². The summed E-state index contributed by atoms with van der Waals surface area (Å²) < 4.78 is 24.7. The predicted molar refractivity (Wildman–Crippen MR) is 61.5 cm³/mol. The third-order valence-electron chi connectivity index (χ3n) is 2.03. The van der Waals surface area contributed by atoms with Crippen molar-refractivity contribution in [3.05, 3.63) is 47.9 Å². The van der Waals surface area contributed by atoms with E-state index in [9.17, 15) is 13.6 Å². The average Bonchev–Trinajstić information content (AvgIpc) is 2.27. The maximum atomic E-state index is 12.8. The highest BCUT2D eigenvalue weighted by molar-refractivity contribution is 5.75. The van der Waals surface area contributed by atoms with E-state index in [4.69, 9.17) is 0 Å². The van der Waals surface area contributed by atoms with Gasteiger partial charge >= 0.3 is 6.03 Å². The number of alkyl halides is 1. The summed E-state index contributed by atoms with van der Waals surface area (Å²) in [4.78, 5) is 11.3. The van der Waals surface area contributed by atoms with E-state index in [1.165, 1.54) is 12.1 Å². The summed E-state index contributed by atoms with van der Waals surface area (Å²) in [6, 6.07) is 5.43. The molecule has 3 nitrogen and oxygen atoms in total. The van der Waals surface area contributed by atoms with Gasteiger partial charge in [0.25, 0.3) is 0 Å². The van der Waals surface area contributed by atoms with Gasteiger partial charge in [-0.05, 0) is 17.7 Å². The molecular weight excluding hydrogens is 226 g/mol. The molecule has 0 saturated carbocycles. The topological polar surface area (TPSA) is 41.1 Å². The Bertz CT molecular complexity index is 407. The number of hydrogen-bond acceptors (Lipinski definition) is 1. The highest BCUT2D eigenvalue weighted by Gasteiger charge is 2.02. The molecule has 0 aliphatic rings. The Kier molecular flexibility index (Phi) is 5.13. The molecule has 5 heteroatoms. The summed E-state index contributed by atoms with van der Waals surface area (Å²) in [6.07, 6.45) is 0.0907. The molecule has 0 atom stereocenters. The lowest BCUT2D eigenvalue weighted by Crippen LogP contribution is -2.34. The zero-order valence-corrected chi connectivity index (χ0v) is 9.30. The van der Waals surface area contributed by atoms with E-state index in [1.807, 2.05) is 0 Å². The van der Waals surface area contributed by atoms with Gasteiger partial charge in [0.05, 0.1) is 6.67 Å². The second kappa shape index (κ2) is 6.62. The minimum absolute atomic E-state index is 0.0907. The van der Waals surface area contributed by atoms with Crippen molar-refractivity contribution in [3.8, 4) is 0 Å². The number of nitrogens with one attached hydrogen (secondary N) is 2. The number of benzene rings is 1. The molecule has 0 bridgehead atoms. The van der Waals surface area contributed by atoms with E-state index in [-0.39, 0.29) is 18.8 Å². The van der Waals surface area contributed by atoms with Crippen LogP contribution in [-0.4, -0.2) is 12.7 Å². The molecule has 0 fully saturated rings. The van der Waals surface area contributed by atoms with Gasteiger partial charge < -0.3 is 10.6 Å². The van der Waals surface area contributed by atoms with Gasteiger partial charge in [-0.3, -0.25) is 4.39 Å². The first kappa shape index (κ1) is 13.2. The molecule has 0 spiro atoms. The largest absolute Gasteiger partial charge is 0.334 e. The van der Waals surface area contributed by atoms with Gasteiger partial charge in [0, 0.05) is 18.7 Å². The number of rotatable bonds is 5. The van der Waals surface area contributed by atoms with Crippen LogP contribution in [0.5, 0.6) is 0 Å². The van der Waals surface area contributed by atoms with Crippen LogP contribution in [0.25, 0.3) is 0 Å². The Morgan fingerprint density at radius 2 is 2.18 bits per heavy atom. The third kappa shape index (κ3) is 5.10. The standard InChI is InChI=1S/C12H14F2N2O/c1-9(5-6-13)16-12(17)15-8-10-3-2-4-11(14)7-10/h2-4,7H,1,5-6,8H2,(H2,15,16,17). The summed E-state index contributed by atoms with van der Waals surface area (Å²) in [5.74, 6) is -0.355. The predicted octanol–water partition coefficient (Wildman–Crippen LogP) is 2.50. The third-order valence-corrected chi connectivity index (χ3v) is 2.03. The summed E-state index contributed by atoms with van der Waals surface area (Å²) in [7, 11) is 0. The number of hydrogen-bond donors (Lipinski definition) is 2. The monoisotopic (exact) mass is 240 g/mol. The number of amides is 2. The van der Waals surface area contributed by atoms with Gasteiger partial charge in [-0.1, -0.05) is 18.7 Å². The molecule has 2 N–H and O–H groups in total. The van der Waals surface area contributed by atoms with Gasteiger partial charge in [-0.2, -0.15) is 0 Å². The number of urea groups is 1. The Labute approximate surface area is 98.5 Å². The summed E-state index contributed by atoms with van der Waals surface area (Å²) in [5, 5.41) is 4.90. The Balaban J connectivity index is 2.35. The molecule has 0 aliphatic carbocycles. The van der Waals surface area contributed by atoms with E-state index in [0.29, 0.717) is 11.3 Å². The number of carbonyl (C=O) groups excluding carboxylic acids is 1. The number of allylic oxidation sites excluding steroid dienone is 1. The van der Waals surface area contributed by atoms with Crippen molar-refractivity contribution >= 4 is 6.03 Å². The van der Waals surface area contributed by atoms with Crippen molar-refractivity contribution in [2.45, 2.75) is 13.0 Å². The molecule has 0 unspecified atom stereocenters. The average molecular weight is 240 g/mol. The van der Waals surface area contributed by atoms with Crippen molar-refractivity contribution < 1.29 is 13.6 Å². The Morgan fingerprint density at radius 1 is 1.41 bits per heavy atom. The SMILES string of the molecule is C=C(CCF)NC(=O)NCc1cccc(F)c1. The van der Waals surface area contributed by atoms with Crippen LogP contribution in [0.15, 0.2) is 36.5 Å². The first-order chi connectivity index (χ1) is 8.11. The number of halogens is 2. The molecule has 0 radical (unpaired) electrons. The second-order valence-electron chi connectivity index (χ2n) is 3.48. The molecule has 1 rings (SSSR count). The fourth-order valence-corrected chi connectivity index (χ4v) is 1.21. The van der Waals surface area contributed by atoms with Crippen LogP contribution in [0.1, 0.15) is 12.0 Å². The van der Waals surface area contributed by atoms with E-state index in [1.54, 1.807) is 12.1 Å². The van der Waals surface area contributed by atoms with Gasteiger partial charge in [0.1, 0.15) is 5.82 Å². The molecule has 92 valence electrons. The van der Waals surface area contributed by atoms with E-state index < -0.39 is 12.7 Å². The lowest BCUT2D eigenvalue weighted by molar-refractivity contribution is 0.242. The summed E-state index contributed by atoms with van der Waals surface area (Å²) in [6.45, 7) is 3.12. The molecule has 0 heterocycles. The van der Waals surface area contributed by atoms with Gasteiger partial charge in [-0.25, -0.2) is 9.18 Å². The molecular formula is C12H14F2N2O. The van der Waals surface area contributed by atoms with E-state index in [0.717, 1.165) is 0 Å². The zero-order chi connectivity index (χ0) is 12.7. The molecule has 1 aromatic rings. The van der Waals surface area contributed by atoms with Crippen molar-refractivity contribution in [1.82, 2.24) is 10.6 Å². The van der Waals surface area contributed by atoms with Crippen molar-refractivity contribution in [2.24, 2.45) is 0 Å². The maximum Gasteiger partial charge on any atom is 0.319 e. The molecule has 0 aromatic heterocycles. The molecule has 1 aromatic carbocycles. The fourth-order valence-electron chi connectivity index (χ4n) is 1.21. The van der Waals surface area contributed by atoms with E-state index in [2.05, 4.69) is 17.2 Å². The first-order valence-electron chi connectivity index (χ1n) is 5.15. The first-order valence-corrected chi connectivity index (χ1v) is 5.15. The Hall–Kier alpha value is -1.91. The van der Waals surface area contributed by atoms with Crippen LogP contribution in [-0.2, 0) is 6.54 Å².